The van der Waals surface area contributed by atoms with Crippen LogP contribution in [0.4, 0.5) is 0 Å². The van der Waals surface area contributed by atoms with Crippen LogP contribution >= 0.6 is 22.7 Å². The van der Waals surface area contributed by atoms with Gasteiger partial charge in [0.25, 0.3) is 0 Å². The Labute approximate surface area is 128 Å². The number of carboxylic acid groups (broad SMARTS) is 1. The van der Waals surface area contributed by atoms with Gasteiger partial charge in [0.05, 0.1) is 17.3 Å². The zero-order valence-corrected chi connectivity index (χ0v) is 12.9. The normalized spacial score (nSPS) is 10.7. The summed E-state index contributed by atoms with van der Waals surface area (Å²) in [6, 6.07) is 5.97. The fourth-order valence-electron chi connectivity index (χ4n) is 2.26. The van der Waals surface area contributed by atoms with Crippen LogP contribution in [0, 0.1) is 25.2 Å². The predicted octanol–water partition coefficient (Wildman–Crippen LogP) is 4.21. The zero-order valence-electron chi connectivity index (χ0n) is 11.3. The third-order valence-electron chi connectivity index (χ3n) is 3.22. The van der Waals surface area contributed by atoms with Crippen LogP contribution in [0.25, 0.3) is 20.7 Å². The maximum atomic E-state index is 11.1. The van der Waals surface area contributed by atoms with Gasteiger partial charge in [-0.05, 0) is 36.9 Å². The minimum atomic E-state index is -0.968. The number of carbonyl (C=O) groups is 1. The summed E-state index contributed by atoms with van der Waals surface area (Å²) < 4.78 is 1.02. The third kappa shape index (κ3) is 2.20. The summed E-state index contributed by atoms with van der Waals surface area (Å²) >= 11 is 2.72. The molecule has 0 amide bonds. The van der Waals surface area contributed by atoms with Gasteiger partial charge in [-0.25, -0.2) is 9.78 Å². The molecule has 2 aromatic heterocycles. The molecule has 4 nitrogen and oxygen atoms in total. The van der Waals surface area contributed by atoms with Gasteiger partial charge in [0.2, 0.25) is 0 Å². The number of carboxylic acids is 1. The summed E-state index contributed by atoms with van der Waals surface area (Å²) in [6.07, 6.45) is 0. The van der Waals surface area contributed by atoms with Gasteiger partial charge >= 0.3 is 5.97 Å². The second kappa shape index (κ2) is 4.95. The van der Waals surface area contributed by atoms with Crippen molar-refractivity contribution in [2.45, 2.75) is 13.8 Å². The van der Waals surface area contributed by atoms with E-state index in [2.05, 4.69) is 11.1 Å². The average molecular weight is 314 g/mol. The van der Waals surface area contributed by atoms with Crippen LogP contribution < -0.4 is 0 Å². The zero-order chi connectivity index (χ0) is 15.1. The smallest absolute Gasteiger partial charge is 0.347 e. The number of hydrogen-bond donors (Lipinski definition) is 1. The van der Waals surface area contributed by atoms with E-state index in [-0.39, 0.29) is 4.88 Å². The quantitative estimate of drug-likeness (QED) is 0.769. The number of rotatable bonds is 2. The molecule has 3 aromatic rings. The standard InChI is InChI=1S/C15H10N2O2S2/c1-7-6-20-11-4-9(3-10(5-16)12(7)11)14-17-8(2)13(21-14)15(18)19/h3-4,6H,1-2H3,(H,18,19). The lowest BCUT2D eigenvalue weighted by atomic mass is 10.0. The summed E-state index contributed by atoms with van der Waals surface area (Å²) in [5.74, 6) is -0.968. The van der Waals surface area contributed by atoms with E-state index in [9.17, 15) is 10.1 Å². The van der Waals surface area contributed by atoms with Crippen molar-refractivity contribution >= 4 is 38.7 Å². The molecule has 0 aliphatic carbocycles. The van der Waals surface area contributed by atoms with E-state index in [1.807, 2.05) is 18.4 Å². The molecule has 21 heavy (non-hydrogen) atoms. The van der Waals surface area contributed by atoms with Crippen LogP contribution in [-0.4, -0.2) is 16.1 Å². The average Bonchev–Trinajstić information content (AvgIpc) is 3.02. The maximum absolute atomic E-state index is 11.1. The first-order valence-corrected chi connectivity index (χ1v) is 7.84. The van der Waals surface area contributed by atoms with Crippen molar-refractivity contribution in [3.05, 3.63) is 39.2 Å². The first-order valence-electron chi connectivity index (χ1n) is 6.14. The van der Waals surface area contributed by atoms with Gasteiger partial charge in [-0.15, -0.1) is 22.7 Å². The first-order chi connectivity index (χ1) is 10.0. The Morgan fingerprint density at radius 1 is 1.38 bits per heavy atom. The molecule has 0 bridgehead atoms. The Morgan fingerprint density at radius 3 is 2.76 bits per heavy atom. The number of nitriles is 1. The van der Waals surface area contributed by atoms with Gasteiger partial charge in [0.15, 0.2) is 0 Å². The molecule has 0 unspecified atom stereocenters. The molecule has 0 aliphatic heterocycles. The van der Waals surface area contributed by atoms with E-state index in [1.54, 1.807) is 24.3 Å². The van der Waals surface area contributed by atoms with Crippen LogP contribution in [0.15, 0.2) is 17.5 Å². The van der Waals surface area contributed by atoms with Crippen LogP contribution in [-0.2, 0) is 0 Å². The van der Waals surface area contributed by atoms with Gasteiger partial charge in [0.1, 0.15) is 9.88 Å². The van der Waals surface area contributed by atoms with Gasteiger partial charge in [-0.1, -0.05) is 0 Å². The maximum Gasteiger partial charge on any atom is 0.347 e. The highest BCUT2D eigenvalue weighted by Gasteiger charge is 2.17. The molecule has 1 aromatic carbocycles. The van der Waals surface area contributed by atoms with Gasteiger partial charge in [0, 0.05) is 15.6 Å². The van der Waals surface area contributed by atoms with Crippen molar-refractivity contribution in [3.8, 4) is 16.6 Å². The molecule has 0 atom stereocenters. The van der Waals surface area contributed by atoms with Crippen molar-refractivity contribution in [2.75, 3.05) is 0 Å². The molecule has 0 aliphatic rings. The minimum absolute atomic E-state index is 0.242. The highest BCUT2D eigenvalue weighted by molar-refractivity contribution is 7.18. The lowest BCUT2D eigenvalue weighted by molar-refractivity contribution is 0.0701. The fourth-order valence-corrected chi connectivity index (χ4v) is 4.15. The van der Waals surface area contributed by atoms with E-state index < -0.39 is 5.97 Å². The third-order valence-corrected chi connectivity index (χ3v) is 5.46. The summed E-state index contributed by atoms with van der Waals surface area (Å²) in [6.45, 7) is 3.66. The van der Waals surface area contributed by atoms with Crippen molar-refractivity contribution in [2.24, 2.45) is 0 Å². The molecule has 0 spiro atoms. The van der Waals surface area contributed by atoms with Crippen molar-refractivity contribution in [1.82, 2.24) is 4.98 Å². The van der Waals surface area contributed by atoms with Crippen molar-refractivity contribution in [3.63, 3.8) is 0 Å². The largest absolute Gasteiger partial charge is 0.477 e. The van der Waals surface area contributed by atoms with Gasteiger partial charge in [-0.3, -0.25) is 0 Å². The molecule has 0 saturated heterocycles. The Bertz CT molecular complexity index is 916. The molecular formula is C15H10N2O2S2. The SMILES string of the molecule is Cc1nc(-c2cc(C#N)c3c(C)csc3c2)sc1C(=O)O. The molecule has 0 fully saturated rings. The Hall–Kier alpha value is -2.23. The summed E-state index contributed by atoms with van der Waals surface area (Å²) in [5, 5.41) is 22.1. The fraction of sp³-hybridized carbons (Fsp3) is 0.133. The number of thiophene rings is 1. The molecule has 104 valence electrons. The molecule has 2 heterocycles. The van der Waals surface area contributed by atoms with E-state index in [4.69, 9.17) is 5.11 Å². The monoisotopic (exact) mass is 314 g/mol. The minimum Gasteiger partial charge on any atom is -0.477 e. The molecule has 0 radical (unpaired) electrons. The number of benzene rings is 1. The number of thiazole rings is 1. The Morgan fingerprint density at radius 2 is 2.14 bits per heavy atom. The summed E-state index contributed by atoms with van der Waals surface area (Å²) in [4.78, 5) is 15.7. The summed E-state index contributed by atoms with van der Waals surface area (Å²) in [5.41, 5.74) is 2.98. The molecule has 0 saturated carbocycles. The van der Waals surface area contributed by atoms with Crippen LogP contribution in [0.1, 0.15) is 26.5 Å². The number of aryl methyl sites for hydroxylation is 2. The van der Waals surface area contributed by atoms with Gasteiger partial charge < -0.3 is 5.11 Å². The Kier molecular flexibility index (Phi) is 3.24. The second-order valence-electron chi connectivity index (χ2n) is 4.67. The van der Waals surface area contributed by atoms with Crippen LogP contribution in [0.3, 0.4) is 0 Å². The summed E-state index contributed by atoms with van der Waals surface area (Å²) in [7, 11) is 0. The topological polar surface area (TPSA) is 74.0 Å². The lowest BCUT2D eigenvalue weighted by Gasteiger charge is -2.00. The first kappa shape index (κ1) is 13.7. The Balaban J connectivity index is 2.24. The predicted molar refractivity (Wildman–Crippen MR) is 84.1 cm³/mol. The van der Waals surface area contributed by atoms with Crippen LogP contribution in [0.5, 0.6) is 0 Å². The van der Waals surface area contributed by atoms with E-state index in [0.717, 1.165) is 32.5 Å². The molecule has 3 rings (SSSR count). The highest BCUT2D eigenvalue weighted by Crippen LogP contribution is 2.35. The van der Waals surface area contributed by atoms with E-state index in [0.29, 0.717) is 16.3 Å². The number of fused-ring (bicyclic) bond motifs is 1. The number of aromatic carboxylic acids is 1. The van der Waals surface area contributed by atoms with Crippen molar-refractivity contribution in [1.29, 1.82) is 5.26 Å². The lowest BCUT2D eigenvalue weighted by Crippen LogP contribution is -1.94. The van der Waals surface area contributed by atoms with Crippen LogP contribution in [0.2, 0.25) is 0 Å². The number of aromatic nitrogens is 1. The number of hydrogen-bond acceptors (Lipinski definition) is 5. The van der Waals surface area contributed by atoms with E-state index in [1.165, 1.54) is 0 Å². The molecule has 6 heteroatoms. The number of nitrogens with zero attached hydrogens (tertiary/aromatic N) is 2. The second-order valence-corrected chi connectivity index (χ2v) is 6.58. The van der Waals surface area contributed by atoms with Gasteiger partial charge in [-0.2, -0.15) is 5.26 Å². The molecular weight excluding hydrogens is 304 g/mol. The van der Waals surface area contributed by atoms with E-state index >= 15 is 0 Å². The highest BCUT2D eigenvalue weighted by atomic mass is 32.1. The van der Waals surface area contributed by atoms with Crippen molar-refractivity contribution < 1.29 is 9.90 Å². The molecule has 1 N–H and O–H groups in total.